The van der Waals surface area contributed by atoms with Gasteiger partial charge in [-0.2, -0.15) is 0 Å². The predicted octanol–water partition coefficient (Wildman–Crippen LogP) is 3.10. The Balaban J connectivity index is 1.55. The van der Waals surface area contributed by atoms with Crippen LogP contribution in [0.4, 0.5) is 5.82 Å². The van der Waals surface area contributed by atoms with Gasteiger partial charge in [-0.1, -0.05) is 44.5 Å². The molecular formula is C24H32ClN5O2. The zero-order chi connectivity index (χ0) is 22.8. The van der Waals surface area contributed by atoms with Crippen molar-refractivity contribution in [1.82, 2.24) is 20.2 Å². The van der Waals surface area contributed by atoms with Crippen LogP contribution in [-0.2, 0) is 4.79 Å². The molecule has 0 radical (unpaired) electrons. The summed E-state index contributed by atoms with van der Waals surface area (Å²) in [7, 11) is 0. The largest absolute Gasteiger partial charge is 0.387 e. The van der Waals surface area contributed by atoms with E-state index in [0.29, 0.717) is 11.4 Å². The lowest BCUT2D eigenvalue weighted by molar-refractivity contribution is -0.111. The molecule has 0 amide bonds. The van der Waals surface area contributed by atoms with Gasteiger partial charge in [-0.15, -0.1) is 0 Å². The monoisotopic (exact) mass is 457 g/mol. The highest BCUT2D eigenvalue weighted by atomic mass is 35.5. The third-order valence-corrected chi connectivity index (χ3v) is 6.76. The Morgan fingerprint density at radius 1 is 1.16 bits per heavy atom. The normalized spacial score (nSPS) is 23.2. The number of hydrogen-bond donors (Lipinski definition) is 2. The van der Waals surface area contributed by atoms with Gasteiger partial charge in [0, 0.05) is 42.8 Å². The van der Waals surface area contributed by atoms with Gasteiger partial charge in [0.2, 0.25) is 0 Å². The Bertz CT molecular complexity index is 930. The lowest BCUT2D eigenvalue weighted by Gasteiger charge is -2.42. The van der Waals surface area contributed by atoms with E-state index >= 15 is 0 Å². The van der Waals surface area contributed by atoms with Gasteiger partial charge < -0.3 is 20.1 Å². The molecular weight excluding hydrogens is 426 g/mol. The second kappa shape index (κ2) is 9.83. The first-order valence-electron chi connectivity index (χ1n) is 11.4. The number of halogens is 1. The highest BCUT2D eigenvalue weighted by Crippen LogP contribution is 2.43. The van der Waals surface area contributed by atoms with Gasteiger partial charge in [-0.3, -0.25) is 4.90 Å². The minimum atomic E-state index is -0.507. The summed E-state index contributed by atoms with van der Waals surface area (Å²) in [6.45, 7) is 9.42. The molecule has 1 aromatic heterocycles. The van der Waals surface area contributed by atoms with E-state index in [2.05, 4.69) is 45.9 Å². The quantitative estimate of drug-likeness (QED) is 0.618. The van der Waals surface area contributed by atoms with Crippen LogP contribution in [0.25, 0.3) is 0 Å². The minimum absolute atomic E-state index is 0.0776. The molecule has 0 bridgehead atoms. The molecule has 1 saturated heterocycles. The number of aliphatic hydroxyl groups excluding tert-OH is 1. The van der Waals surface area contributed by atoms with Gasteiger partial charge in [0.1, 0.15) is 18.4 Å². The molecule has 1 aromatic carbocycles. The van der Waals surface area contributed by atoms with Crippen molar-refractivity contribution < 1.29 is 9.90 Å². The van der Waals surface area contributed by atoms with Crippen LogP contribution in [0.15, 0.2) is 30.6 Å². The first kappa shape index (κ1) is 23.1. The first-order chi connectivity index (χ1) is 15.4. The number of nitrogens with zero attached hydrogens (tertiary/aromatic N) is 4. The third kappa shape index (κ3) is 4.66. The molecule has 1 aliphatic carbocycles. The number of carbonyl (C=O) groups excluding carboxylic acids is 1. The summed E-state index contributed by atoms with van der Waals surface area (Å²) in [4.78, 5) is 25.7. The fraction of sp³-hybridized carbons (Fsp3) is 0.542. The van der Waals surface area contributed by atoms with Crippen molar-refractivity contribution >= 4 is 23.7 Å². The van der Waals surface area contributed by atoms with E-state index < -0.39 is 6.10 Å². The van der Waals surface area contributed by atoms with E-state index in [1.54, 1.807) is 6.33 Å². The summed E-state index contributed by atoms with van der Waals surface area (Å²) in [5.74, 6) is 1.18. The lowest BCUT2D eigenvalue weighted by atomic mass is 9.96. The second-order valence-electron chi connectivity index (χ2n) is 9.15. The highest BCUT2D eigenvalue weighted by Gasteiger charge is 2.36. The van der Waals surface area contributed by atoms with E-state index in [0.717, 1.165) is 55.1 Å². The Kier molecular flexibility index (Phi) is 7.10. The molecule has 4 atom stereocenters. The molecule has 172 valence electrons. The van der Waals surface area contributed by atoms with Crippen molar-refractivity contribution in [2.75, 3.05) is 31.1 Å². The van der Waals surface area contributed by atoms with Crippen LogP contribution < -0.4 is 10.2 Å². The van der Waals surface area contributed by atoms with Crippen molar-refractivity contribution in [3.63, 3.8) is 0 Å². The average Bonchev–Trinajstić information content (AvgIpc) is 3.08. The van der Waals surface area contributed by atoms with E-state index in [1.165, 1.54) is 0 Å². The molecule has 0 saturated carbocycles. The maximum absolute atomic E-state index is 12.1. The Morgan fingerprint density at radius 2 is 1.84 bits per heavy atom. The number of aromatic nitrogens is 2. The average molecular weight is 458 g/mol. The maximum Gasteiger partial charge on any atom is 0.138 e. The van der Waals surface area contributed by atoms with Crippen LogP contribution in [-0.4, -0.2) is 64.5 Å². The molecule has 7 nitrogen and oxygen atoms in total. The van der Waals surface area contributed by atoms with Gasteiger partial charge in [0.25, 0.3) is 0 Å². The fourth-order valence-electron chi connectivity index (χ4n) is 5.06. The SMILES string of the molecule is CC(C)NC(C=O)C(c1ccc(Cl)cc1)N1CCN(c2ncnc3c2[C@H](C)C[C@H]3O)CC1. The van der Waals surface area contributed by atoms with Crippen molar-refractivity contribution in [2.45, 2.75) is 57.3 Å². The Hall–Kier alpha value is -2.06. The molecule has 2 unspecified atom stereocenters. The summed E-state index contributed by atoms with van der Waals surface area (Å²) in [5.41, 5.74) is 2.92. The number of hydrogen-bond acceptors (Lipinski definition) is 7. The van der Waals surface area contributed by atoms with Crippen LogP contribution >= 0.6 is 11.6 Å². The van der Waals surface area contributed by atoms with Crippen molar-refractivity contribution in [3.05, 3.63) is 52.4 Å². The summed E-state index contributed by atoms with van der Waals surface area (Å²) in [6, 6.07) is 7.59. The smallest absolute Gasteiger partial charge is 0.138 e. The van der Waals surface area contributed by atoms with Crippen LogP contribution in [0.3, 0.4) is 0 Å². The highest BCUT2D eigenvalue weighted by molar-refractivity contribution is 6.30. The van der Waals surface area contributed by atoms with Gasteiger partial charge in [0.05, 0.1) is 23.9 Å². The van der Waals surface area contributed by atoms with Crippen LogP contribution in [0, 0.1) is 0 Å². The summed E-state index contributed by atoms with van der Waals surface area (Å²) < 4.78 is 0. The number of nitrogens with one attached hydrogen (secondary N) is 1. The third-order valence-electron chi connectivity index (χ3n) is 6.51. The number of anilines is 1. The standard InChI is InChI=1S/C24H32ClN5O2/c1-15(2)28-19(13-31)23(17-4-6-18(25)7-5-17)29-8-10-30(11-9-29)24-21-16(3)12-20(32)22(21)26-14-27-24/h4-7,13-16,19-20,23,28,32H,8-12H2,1-3H3/t16-,19?,20-,23?/m1/s1. The summed E-state index contributed by atoms with van der Waals surface area (Å²) in [5, 5.41) is 14.4. The minimum Gasteiger partial charge on any atom is -0.387 e. The predicted molar refractivity (Wildman–Crippen MR) is 126 cm³/mol. The number of fused-ring (bicyclic) bond motifs is 1. The molecule has 1 aliphatic heterocycles. The molecule has 32 heavy (non-hydrogen) atoms. The number of benzene rings is 1. The zero-order valence-corrected chi connectivity index (χ0v) is 19.7. The number of rotatable bonds is 7. The molecule has 2 aliphatic rings. The maximum atomic E-state index is 12.1. The molecule has 2 aromatic rings. The summed E-state index contributed by atoms with van der Waals surface area (Å²) >= 11 is 6.12. The van der Waals surface area contributed by atoms with E-state index in [-0.39, 0.29) is 24.0 Å². The summed E-state index contributed by atoms with van der Waals surface area (Å²) in [6.07, 6.45) is 2.77. The number of piperazine rings is 1. The number of aldehydes is 1. The van der Waals surface area contributed by atoms with Gasteiger partial charge in [-0.25, -0.2) is 9.97 Å². The zero-order valence-electron chi connectivity index (χ0n) is 18.9. The first-order valence-corrected chi connectivity index (χ1v) is 11.8. The Morgan fingerprint density at radius 3 is 2.47 bits per heavy atom. The van der Waals surface area contributed by atoms with Crippen molar-refractivity contribution in [1.29, 1.82) is 0 Å². The molecule has 4 rings (SSSR count). The molecule has 8 heteroatoms. The van der Waals surface area contributed by atoms with Crippen LogP contribution in [0.5, 0.6) is 0 Å². The van der Waals surface area contributed by atoms with Gasteiger partial charge in [-0.05, 0) is 30.0 Å². The fourth-order valence-corrected chi connectivity index (χ4v) is 5.19. The molecule has 2 heterocycles. The van der Waals surface area contributed by atoms with E-state index in [1.807, 2.05) is 24.3 Å². The van der Waals surface area contributed by atoms with Crippen LogP contribution in [0.2, 0.25) is 5.02 Å². The van der Waals surface area contributed by atoms with E-state index in [4.69, 9.17) is 11.6 Å². The Labute approximate surface area is 194 Å². The number of carbonyl (C=O) groups is 1. The molecule has 0 spiro atoms. The topological polar surface area (TPSA) is 81.6 Å². The van der Waals surface area contributed by atoms with Gasteiger partial charge >= 0.3 is 0 Å². The lowest BCUT2D eigenvalue weighted by Crippen LogP contribution is -2.54. The molecule has 2 N–H and O–H groups in total. The van der Waals surface area contributed by atoms with E-state index in [9.17, 15) is 9.90 Å². The second-order valence-corrected chi connectivity index (χ2v) is 9.59. The van der Waals surface area contributed by atoms with Crippen molar-refractivity contribution in [3.8, 4) is 0 Å². The van der Waals surface area contributed by atoms with Crippen molar-refractivity contribution in [2.24, 2.45) is 0 Å². The van der Waals surface area contributed by atoms with Crippen LogP contribution in [0.1, 0.15) is 62.1 Å². The number of aliphatic hydroxyl groups is 1. The molecule has 1 fully saturated rings. The van der Waals surface area contributed by atoms with Gasteiger partial charge in [0.15, 0.2) is 0 Å².